The first-order chi connectivity index (χ1) is 10.6. The van der Waals surface area contributed by atoms with E-state index in [4.69, 9.17) is 4.74 Å². The predicted molar refractivity (Wildman–Crippen MR) is 78.2 cm³/mol. The molecule has 4 rings (SSSR count). The van der Waals surface area contributed by atoms with E-state index >= 15 is 0 Å². The van der Waals surface area contributed by atoms with E-state index in [2.05, 4.69) is 15.3 Å². The van der Waals surface area contributed by atoms with Crippen LogP contribution in [0.4, 0.5) is 0 Å². The second-order valence-corrected chi connectivity index (χ2v) is 6.21. The number of nitrogens with zero attached hydrogens (tertiary/aromatic N) is 4. The Morgan fingerprint density at radius 2 is 2.32 bits per heavy atom. The standard InChI is InChI=1S/C14H19N5O3/c1-18-7-16-12-11(18)13(20)19(8-17-12)6-14(21)5-9-10(22-14)3-2-4-15-9/h7-10,15,21H,2-6H2,1H3/t9-,10-,14?/m0/s1. The van der Waals surface area contributed by atoms with Gasteiger partial charge in [-0.05, 0) is 19.4 Å². The third-order valence-corrected chi connectivity index (χ3v) is 4.55. The molecular formula is C14H19N5O3. The average molecular weight is 305 g/mol. The number of fused-ring (bicyclic) bond motifs is 2. The summed E-state index contributed by atoms with van der Waals surface area (Å²) in [6, 6.07) is 0.155. The van der Waals surface area contributed by atoms with Crippen LogP contribution in [0.25, 0.3) is 11.2 Å². The van der Waals surface area contributed by atoms with Crippen molar-refractivity contribution in [3.63, 3.8) is 0 Å². The number of aliphatic hydroxyl groups is 1. The maximum Gasteiger partial charge on any atom is 0.279 e. The summed E-state index contributed by atoms with van der Waals surface area (Å²) in [5.41, 5.74) is 0.628. The lowest BCUT2D eigenvalue weighted by atomic mass is 9.99. The van der Waals surface area contributed by atoms with E-state index < -0.39 is 5.79 Å². The third kappa shape index (κ3) is 2.15. The summed E-state index contributed by atoms with van der Waals surface area (Å²) >= 11 is 0. The molecule has 2 fully saturated rings. The molecule has 8 heteroatoms. The SMILES string of the molecule is Cn1cnc2ncn(CC3(O)C[C@@H]4NCCC[C@@H]4O3)c(=O)c21. The smallest absolute Gasteiger partial charge is 0.279 e. The minimum Gasteiger partial charge on any atom is -0.364 e. The number of nitrogens with one attached hydrogen (secondary N) is 1. The first-order valence-electron chi connectivity index (χ1n) is 7.56. The molecule has 3 atom stereocenters. The van der Waals surface area contributed by atoms with Crippen molar-refractivity contribution in [1.82, 2.24) is 24.4 Å². The number of aromatic nitrogens is 4. The number of imidazole rings is 1. The Morgan fingerprint density at radius 1 is 1.50 bits per heavy atom. The van der Waals surface area contributed by atoms with Crippen LogP contribution in [0.5, 0.6) is 0 Å². The summed E-state index contributed by atoms with van der Waals surface area (Å²) in [7, 11) is 1.75. The summed E-state index contributed by atoms with van der Waals surface area (Å²) in [5, 5.41) is 14.1. The molecule has 0 aromatic carbocycles. The molecule has 22 heavy (non-hydrogen) atoms. The molecule has 0 radical (unpaired) electrons. The predicted octanol–water partition coefficient (Wildman–Crippen LogP) is -0.640. The number of aryl methyl sites for hydroxylation is 1. The van der Waals surface area contributed by atoms with Crippen LogP contribution in [-0.4, -0.2) is 48.7 Å². The molecule has 0 bridgehead atoms. The van der Waals surface area contributed by atoms with Gasteiger partial charge in [-0.25, -0.2) is 9.97 Å². The number of rotatable bonds is 2. The molecule has 2 aliphatic rings. The lowest BCUT2D eigenvalue weighted by molar-refractivity contribution is -0.202. The van der Waals surface area contributed by atoms with Crippen molar-refractivity contribution < 1.29 is 9.84 Å². The van der Waals surface area contributed by atoms with Crippen molar-refractivity contribution in [2.45, 2.75) is 43.7 Å². The van der Waals surface area contributed by atoms with Crippen molar-refractivity contribution >= 4 is 11.2 Å². The molecule has 0 saturated carbocycles. The van der Waals surface area contributed by atoms with Crippen molar-refractivity contribution in [3.8, 4) is 0 Å². The molecule has 0 aliphatic carbocycles. The Balaban J connectivity index is 1.65. The van der Waals surface area contributed by atoms with E-state index in [9.17, 15) is 9.90 Å². The van der Waals surface area contributed by atoms with Crippen LogP contribution >= 0.6 is 0 Å². The van der Waals surface area contributed by atoms with Gasteiger partial charge >= 0.3 is 0 Å². The zero-order valence-electron chi connectivity index (χ0n) is 12.4. The highest BCUT2D eigenvalue weighted by molar-refractivity contribution is 5.68. The Morgan fingerprint density at radius 3 is 3.14 bits per heavy atom. The quantitative estimate of drug-likeness (QED) is 0.766. The first kappa shape index (κ1) is 13.9. The number of ether oxygens (including phenoxy) is 1. The zero-order valence-corrected chi connectivity index (χ0v) is 12.4. The third-order valence-electron chi connectivity index (χ3n) is 4.55. The van der Waals surface area contributed by atoms with E-state index in [1.54, 1.807) is 17.9 Å². The fraction of sp³-hybridized carbons (Fsp3) is 0.643. The molecular weight excluding hydrogens is 286 g/mol. The van der Waals surface area contributed by atoms with Gasteiger partial charge in [-0.15, -0.1) is 0 Å². The van der Waals surface area contributed by atoms with Crippen molar-refractivity contribution in [2.24, 2.45) is 7.05 Å². The second-order valence-electron chi connectivity index (χ2n) is 6.21. The molecule has 2 aromatic rings. The van der Waals surface area contributed by atoms with Gasteiger partial charge in [-0.2, -0.15) is 0 Å². The summed E-state index contributed by atoms with van der Waals surface area (Å²) in [6.45, 7) is 1.03. The van der Waals surface area contributed by atoms with Crippen LogP contribution in [0.3, 0.4) is 0 Å². The number of hydrogen-bond acceptors (Lipinski definition) is 6. The Bertz CT molecular complexity index is 753. The van der Waals surface area contributed by atoms with Gasteiger partial charge in [0.1, 0.15) is 6.33 Å². The van der Waals surface area contributed by atoms with Gasteiger partial charge in [0.15, 0.2) is 17.0 Å². The summed E-state index contributed by atoms with van der Waals surface area (Å²) in [5.74, 6) is -1.33. The van der Waals surface area contributed by atoms with Gasteiger partial charge < -0.3 is 19.7 Å². The van der Waals surface area contributed by atoms with Crippen LogP contribution in [0, 0.1) is 0 Å². The maximum absolute atomic E-state index is 12.5. The lowest BCUT2D eigenvalue weighted by Gasteiger charge is -2.25. The van der Waals surface area contributed by atoms with E-state index in [0.29, 0.717) is 17.6 Å². The summed E-state index contributed by atoms with van der Waals surface area (Å²) < 4.78 is 8.86. The average Bonchev–Trinajstić information content (AvgIpc) is 3.02. The van der Waals surface area contributed by atoms with E-state index in [-0.39, 0.29) is 24.2 Å². The van der Waals surface area contributed by atoms with Gasteiger partial charge in [-0.1, -0.05) is 0 Å². The molecule has 2 N–H and O–H groups in total. The highest BCUT2D eigenvalue weighted by atomic mass is 16.6. The van der Waals surface area contributed by atoms with E-state index in [1.807, 2.05) is 0 Å². The highest BCUT2D eigenvalue weighted by Crippen LogP contribution is 2.33. The Hall–Kier alpha value is -1.77. The molecule has 8 nitrogen and oxygen atoms in total. The number of piperidine rings is 1. The molecule has 2 aliphatic heterocycles. The van der Waals surface area contributed by atoms with E-state index in [0.717, 1.165) is 19.4 Å². The molecule has 4 heterocycles. The van der Waals surface area contributed by atoms with Gasteiger partial charge in [-0.3, -0.25) is 9.36 Å². The van der Waals surface area contributed by atoms with Crippen molar-refractivity contribution in [3.05, 3.63) is 23.0 Å². The molecule has 2 saturated heterocycles. The number of hydrogen-bond donors (Lipinski definition) is 2. The molecule has 0 spiro atoms. The molecule has 2 aromatic heterocycles. The fourth-order valence-corrected chi connectivity index (χ4v) is 3.49. The minimum atomic E-state index is -1.33. The highest BCUT2D eigenvalue weighted by Gasteiger charge is 2.46. The normalized spacial score (nSPS) is 31.5. The topological polar surface area (TPSA) is 94.2 Å². The zero-order chi connectivity index (χ0) is 15.3. The largest absolute Gasteiger partial charge is 0.364 e. The molecule has 118 valence electrons. The van der Waals surface area contributed by atoms with Crippen molar-refractivity contribution in [1.29, 1.82) is 0 Å². The Kier molecular flexibility index (Phi) is 3.07. The summed E-state index contributed by atoms with van der Waals surface area (Å²) in [6.07, 6.45) is 5.46. The maximum atomic E-state index is 12.5. The fourth-order valence-electron chi connectivity index (χ4n) is 3.49. The van der Waals surface area contributed by atoms with Crippen LogP contribution in [0.15, 0.2) is 17.4 Å². The van der Waals surface area contributed by atoms with E-state index in [1.165, 1.54) is 10.9 Å². The van der Waals surface area contributed by atoms with Crippen LogP contribution in [-0.2, 0) is 18.3 Å². The second kappa shape index (κ2) is 4.87. The minimum absolute atomic E-state index is 0.0165. The lowest BCUT2D eigenvalue weighted by Crippen LogP contribution is -2.41. The van der Waals surface area contributed by atoms with Crippen LogP contribution in [0.1, 0.15) is 19.3 Å². The van der Waals surface area contributed by atoms with Gasteiger partial charge in [0.25, 0.3) is 5.56 Å². The summed E-state index contributed by atoms with van der Waals surface area (Å²) in [4.78, 5) is 20.8. The molecule has 0 amide bonds. The monoisotopic (exact) mass is 305 g/mol. The van der Waals surface area contributed by atoms with Gasteiger partial charge in [0.05, 0.1) is 19.0 Å². The van der Waals surface area contributed by atoms with Gasteiger partial charge in [0.2, 0.25) is 0 Å². The first-order valence-corrected chi connectivity index (χ1v) is 7.56. The van der Waals surface area contributed by atoms with Gasteiger partial charge in [0, 0.05) is 19.5 Å². The molecule has 1 unspecified atom stereocenters. The van der Waals surface area contributed by atoms with Crippen LogP contribution < -0.4 is 10.9 Å². The van der Waals surface area contributed by atoms with Crippen LogP contribution in [0.2, 0.25) is 0 Å². The van der Waals surface area contributed by atoms with Crippen molar-refractivity contribution in [2.75, 3.05) is 6.54 Å². The Labute approximate surface area is 126 Å².